The second-order valence-corrected chi connectivity index (χ2v) is 7.57. The topological polar surface area (TPSA) is 29.1 Å². The third-order valence-corrected chi connectivity index (χ3v) is 5.15. The smallest absolute Gasteiger partial charge is 0.320 e. The van der Waals surface area contributed by atoms with Gasteiger partial charge in [-0.15, -0.1) is 0 Å². The molecule has 2 nitrogen and oxygen atoms in total. The van der Waals surface area contributed by atoms with E-state index in [0.29, 0.717) is 0 Å². The average Bonchev–Trinajstić information content (AvgIpc) is 2.57. The van der Waals surface area contributed by atoms with Gasteiger partial charge in [0, 0.05) is 14.5 Å². The Morgan fingerprint density at radius 2 is 1.41 bits per heavy atom. The highest BCUT2D eigenvalue weighted by atomic mass is 79.9. The lowest BCUT2D eigenvalue weighted by molar-refractivity contribution is -0.348. The Balaban J connectivity index is 2.52. The van der Waals surface area contributed by atoms with Gasteiger partial charge < -0.3 is 5.32 Å². The van der Waals surface area contributed by atoms with Crippen LogP contribution in [0, 0.1) is 12.7 Å². The highest BCUT2D eigenvalue weighted by molar-refractivity contribution is 9.11. The lowest BCUT2D eigenvalue weighted by Crippen LogP contribution is -2.50. The lowest BCUT2D eigenvalue weighted by Gasteiger charge is -2.31. The lowest BCUT2D eigenvalue weighted by atomic mass is 9.94. The molecule has 0 saturated carbocycles. The van der Waals surface area contributed by atoms with Gasteiger partial charge in [-0.3, -0.25) is 4.79 Å². The fraction of sp³-hybridized carbons (Fsp3) is 0.235. The molecule has 0 atom stereocenters. The van der Waals surface area contributed by atoms with Crippen molar-refractivity contribution in [3.05, 3.63) is 61.8 Å². The van der Waals surface area contributed by atoms with Crippen molar-refractivity contribution in [2.24, 2.45) is 0 Å². The zero-order chi connectivity index (χ0) is 22.4. The Bertz CT molecular complexity index is 918. The number of rotatable bonds is 3. The van der Waals surface area contributed by atoms with Gasteiger partial charge in [-0.05, 0) is 62.5 Å². The minimum atomic E-state index is -6.29. The summed E-state index contributed by atoms with van der Waals surface area (Å²) in [6.07, 6.45) is -12.6. The first-order valence-corrected chi connectivity index (χ1v) is 9.08. The number of hydrogen-bond donors (Lipinski definition) is 1. The van der Waals surface area contributed by atoms with Crippen LogP contribution in [0.2, 0.25) is 0 Å². The molecule has 158 valence electrons. The van der Waals surface area contributed by atoms with E-state index >= 15 is 0 Å². The van der Waals surface area contributed by atoms with Crippen molar-refractivity contribution in [3.63, 3.8) is 0 Å². The molecule has 2 rings (SSSR count). The summed E-state index contributed by atoms with van der Waals surface area (Å²) in [6, 6.07) is 4.39. The Labute approximate surface area is 175 Å². The van der Waals surface area contributed by atoms with Crippen LogP contribution in [0.3, 0.4) is 0 Å². The van der Waals surface area contributed by atoms with E-state index in [0.717, 1.165) is 6.07 Å². The summed E-state index contributed by atoms with van der Waals surface area (Å²) in [5, 5.41) is 2.16. The average molecular weight is 555 g/mol. The Morgan fingerprint density at radius 1 is 0.931 bits per heavy atom. The van der Waals surface area contributed by atoms with Gasteiger partial charge in [0.1, 0.15) is 5.82 Å². The van der Waals surface area contributed by atoms with Crippen LogP contribution >= 0.6 is 31.9 Å². The molecule has 0 spiro atoms. The minimum absolute atomic E-state index is 0.142. The van der Waals surface area contributed by atoms with E-state index in [1.165, 1.54) is 19.1 Å². The van der Waals surface area contributed by atoms with Gasteiger partial charge in [0.15, 0.2) is 0 Å². The first kappa shape index (κ1) is 23.6. The molecular weight excluding hydrogens is 546 g/mol. The van der Waals surface area contributed by atoms with Crippen molar-refractivity contribution in [2.45, 2.75) is 24.9 Å². The fourth-order valence-corrected chi connectivity index (χ4v) is 3.77. The number of anilines is 1. The summed E-state index contributed by atoms with van der Waals surface area (Å²) in [7, 11) is 0. The molecule has 0 unspecified atom stereocenters. The summed E-state index contributed by atoms with van der Waals surface area (Å²) in [5.41, 5.74) is -7.97. The molecule has 0 bridgehead atoms. The Morgan fingerprint density at radius 3 is 1.86 bits per heavy atom. The number of carbonyl (C=O) groups is 1. The van der Waals surface area contributed by atoms with Crippen LogP contribution in [0.1, 0.15) is 21.5 Å². The zero-order valence-electron chi connectivity index (χ0n) is 14.1. The standard InChI is InChI=1S/C17H9Br2F8NO/c1-7-3-2-4-9(12(7)20)14(29)28-13-10(18)5-8(6-11(13)19)15(21,16(22,23)24)17(25,26)27/h2-6H,1H3,(H,28,29). The van der Waals surface area contributed by atoms with Crippen molar-refractivity contribution in [3.8, 4) is 0 Å². The molecular formula is C17H9Br2F8NO. The molecule has 0 aliphatic carbocycles. The number of hydrogen-bond acceptors (Lipinski definition) is 1. The van der Waals surface area contributed by atoms with E-state index in [9.17, 15) is 39.9 Å². The Kier molecular flexibility index (Phi) is 6.39. The van der Waals surface area contributed by atoms with Crippen LogP contribution < -0.4 is 5.32 Å². The predicted molar refractivity (Wildman–Crippen MR) is 95.8 cm³/mol. The maximum Gasteiger partial charge on any atom is 0.435 e. The van der Waals surface area contributed by atoms with E-state index in [1.807, 2.05) is 0 Å². The molecule has 1 N–H and O–H groups in total. The molecule has 29 heavy (non-hydrogen) atoms. The van der Waals surface area contributed by atoms with Crippen LogP contribution in [0.15, 0.2) is 39.3 Å². The number of halogens is 10. The number of alkyl halides is 7. The van der Waals surface area contributed by atoms with Gasteiger partial charge in [0.05, 0.1) is 11.3 Å². The van der Waals surface area contributed by atoms with Gasteiger partial charge in [-0.2, -0.15) is 26.3 Å². The zero-order valence-corrected chi connectivity index (χ0v) is 17.2. The van der Waals surface area contributed by atoms with Crippen molar-refractivity contribution in [1.29, 1.82) is 0 Å². The van der Waals surface area contributed by atoms with E-state index < -0.39 is 49.8 Å². The number of carbonyl (C=O) groups excluding carboxylic acids is 1. The van der Waals surface area contributed by atoms with Crippen LogP contribution in [-0.2, 0) is 5.67 Å². The molecule has 0 aliphatic heterocycles. The van der Waals surface area contributed by atoms with Gasteiger partial charge in [-0.1, -0.05) is 12.1 Å². The van der Waals surface area contributed by atoms with Gasteiger partial charge in [0.2, 0.25) is 0 Å². The number of amides is 1. The van der Waals surface area contributed by atoms with Crippen LogP contribution in [0.5, 0.6) is 0 Å². The van der Waals surface area contributed by atoms with Crippen molar-refractivity contribution >= 4 is 43.5 Å². The van der Waals surface area contributed by atoms with Gasteiger partial charge >= 0.3 is 18.0 Å². The molecule has 0 saturated heterocycles. The first-order chi connectivity index (χ1) is 13.1. The second-order valence-electron chi connectivity index (χ2n) is 5.86. The van der Waals surface area contributed by atoms with Gasteiger partial charge in [0.25, 0.3) is 5.91 Å². The summed E-state index contributed by atoms with van der Waals surface area (Å²) in [6.45, 7) is 1.39. The molecule has 0 radical (unpaired) electrons. The quantitative estimate of drug-likeness (QED) is 0.399. The van der Waals surface area contributed by atoms with E-state index in [-0.39, 0.29) is 23.4 Å². The second kappa shape index (κ2) is 7.86. The molecule has 0 heterocycles. The number of nitrogens with one attached hydrogen (secondary N) is 1. The fourth-order valence-electron chi connectivity index (χ4n) is 2.38. The first-order valence-electron chi connectivity index (χ1n) is 7.49. The number of benzene rings is 2. The highest BCUT2D eigenvalue weighted by Crippen LogP contribution is 2.54. The molecule has 0 aromatic heterocycles. The normalized spacial score (nSPS) is 12.8. The minimum Gasteiger partial charge on any atom is -0.320 e. The number of aryl methyl sites for hydroxylation is 1. The highest BCUT2D eigenvalue weighted by Gasteiger charge is 2.73. The maximum atomic E-state index is 14.2. The predicted octanol–water partition coefficient (Wildman–Crippen LogP) is 7.20. The molecule has 12 heteroatoms. The molecule has 2 aromatic carbocycles. The summed E-state index contributed by atoms with van der Waals surface area (Å²) < 4.78 is 105. The van der Waals surface area contributed by atoms with Crippen molar-refractivity contribution < 1.29 is 39.9 Å². The van der Waals surface area contributed by atoms with Crippen LogP contribution in [0.4, 0.5) is 40.8 Å². The summed E-state index contributed by atoms with van der Waals surface area (Å²) >= 11 is 5.44. The molecule has 2 aromatic rings. The van der Waals surface area contributed by atoms with E-state index in [4.69, 9.17) is 0 Å². The van der Waals surface area contributed by atoms with E-state index in [2.05, 4.69) is 37.2 Å². The summed E-state index contributed by atoms with van der Waals surface area (Å²) in [5.74, 6) is -1.87. The Hall–Kier alpha value is -1.69. The molecule has 0 aliphatic rings. The van der Waals surface area contributed by atoms with Crippen LogP contribution in [0.25, 0.3) is 0 Å². The van der Waals surface area contributed by atoms with Crippen LogP contribution in [-0.4, -0.2) is 18.3 Å². The van der Waals surface area contributed by atoms with Crippen molar-refractivity contribution in [1.82, 2.24) is 0 Å². The largest absolute Gasteiger partial charge is 0.435 e. The molecule has 1 amide bonds. The van der Waals surface area contributed by atoms with Gasteiger partial charge in [-0.25, -0.2) is 8.78 Å². The third-order valence-electron chi connectivity index (χ3n) is 3.90. The van der Waals surface area contributed by atoms with E-state index in [1.54, 1.807) is 0 Å². The maximum absolute atomic E-state index is 14.2. The summed E-state index contributed by atoms with van der Waals surface area (Å²) in [4.78, 5) is 12.3. The monoisotopic (exact) mass is 553 g/mol. The SMILES string of the molecule is Cc1cccc(C(=O)Nc2c(Br)cc(C(F)(C(F)(F)F)C(F)(F)F)cc2Br)c1F. The molecule has 0 fully saturated rings. The van der Waals surface area contributed by atoms with Crippen molar-refractivity contribution in [2.75, 3.05) is 5.32 Å². The third kappa shape index (κ3) is 4.27.